The van der Waals surface area contributed by atoms with Gasteiger partial charge in [-0.05, 0) is 31.0 Å². The fourth-order valence-electron chi connectivity index (χ4n) is 2.63. The molecule has 18 heavy (non-hydrogen) atoms. The lowest BCUT2D eigenvalue weighted by Crippen LogP contribution is -2.33. The quantitative estimate of drug-likeness (QED) is 0.787. The first-order chi connectivity index (χ1) is 8.66. The van der Waals surface area contributed by atoms with Crippen molar-refractivity contribution in [3.8, 4) is 11.3 Å². The lowest BCUT2D eigenvalue weighted by molar-refractivity contribution is -0.116. The van der Waals surface area contributed by atoms with Crippen LogP contribution < -0.4 is 4.90 Å². The maximum absolute atomic E-state index is 11.6. The predicted molar refractivity (Wildman–Crippen MR) is 73.9 cm³/mol. The van der Waals surface area contributed by atoms with Gasteiger partial charge < -0.3 is 4.90 Å². The van der Waals surface area contributed by atoms with Crippen molar-refractivity contribution in [2.45, 2.75) is 26.3 Å². The molecule has 0 bridgehead atoms. The highest BCUT2D eigenvalue weighted by Gasteiger charge is 2.28. The number of carbonyl (C=O) groups is 1. The van der Waals surface area contributed by atoms with E-state index in [9.17, 15) is 4.79 Å². The largest absolute Gasteiger partial charge is 0.309 e. The van der Waals surface area contributed by atoms with Crippen LogP contribution in [0.5, 0.6) is 0 Å². The Morgan fingerprint density at radius 2 is 2.33 bits per heavy atom. The second-order valence-corrected chi connectivity index (χ2v) is 5.38. The monoisotopic (exact) mass is 258 g/mol. The Balaban J connectivity index is 2.04. The van der Waals surface area contributed by atoms with Crippen LogP contribution in [0.3, 0.4) is 0 Å². The summed E-state index contributed by atoms with van der Waals surface area (Å²) in [5, 5.41) is 2.04. The van der Waals surface area contributed by atoms with Crippen molar-refractivity contribution >= 4 is 22.9 Å². The van der Waals surface area contributed by atoms with Crippen LogP contribution in [0.2, 0.25) is 0 Å². The van der Waals surface area contributed by atoms with Gasteiger partial charge in [-0.15, -0.1) is 11.3 Å². The van der Waals surface area contributed by atoms with Crippen LogP contribution in [0.4, 0.5) is 5.69 Å². The van der Waals surface area contributed by atoms with Gasteiger partial charge in [-0.2, -0.15) is 0 Å². The van der Waals surface area contributed by atoms with Crippen LogP contribution in [0, 0.1) is 0 Å². The molecule has 0 radical (unpaired) electrons. The van der Waals surface area contributed by atoms with Crippen LogP contribution >= 0.6 is 11.3 Å². The third-order valence-electron chi connectivity index (χ3n) is 3.36. The van der Waals surface area contributed by atoms with Crippen LogP contribution in [0.25, 0.3) is 11.3 Å². The Hall–Kier alpha value is -1.68. The lowest BCUT2D eigenvalue weighted by atomic mass is 10.1. The molecule has 1 aromatic carbocycles. The average Bonchev–Trinajstić information content (AvgIpc) is 2.92. The highest BCUT2D eigenvalue weighted by Crippen LogP contribution is 2.35. The molecule has 0 fully saturated rings. The minimum atomic E-state index is 0.114. The van der Waals surface area contributed by atoms with Gasteiger partial charge in [0.05, 0.1) is 11.2 Å². The molecule has 3 rings (SSSR count). The third-order valence-corrected chi connectivity index (χ3v) is 3.95. The van der Waals surface area contributed by atoms with Crippen LogP contribution in [-0.2, 0) is 11.2 Å². The number of anilines is 1. The molecule has 1 amide bonds. The summed E-state index contributed by atoms with van der Waals surface area (Å²) in [5.41, 5.74) is 6.27. The highest BCUT2D eigenvalue weighted by molar-refractivity contribution is 7.07. The molecular weight excluding hydrogens is 244 g/mol. The van der Waals surface area contributed by atoms with Crippen molar-refractivity contribution in [1.82, 2.24) is 4.98 Å². The number of carbonyl (C=O) groups excluding carboxylic acids is 1. The van der Waals surface area contributed by atoms with Gasteiger partial charge in [0.1, 0.15) is 0 Å². The van der Waals surface area contributed by atoms with E-state index >= 15 is 0 Å². The summed E-state index contributed by atoms with van der Waals surface area (Å²) in [4.78, 5) is 17.8. The third kappa shape index (κ3) is 1.73. The fraction of sp³-hybridized carbons (Fsp3) is 0.286. The highest BCUT2D eigenvalue weighted by atomic mass is 32.1. The molecule has 1 unspecified atom stereocenters. The second-order valence-electron chi connectivity index (χ2n) is 4.66. The summed E-state index contributed by atoms with van der Waals surface area (Å²) >= 11 is 1.60. The fourth-order valence-corrected chi connectivity index (χ4v) is 3.19. The number of rotatable bonds is 1. The van der Waals surface area contributed by atoms with E-state index in [-0.39, 0.29) is 11.9 Å². The Bertz CT molecular complexity index is 592. The maximum Gasteiger partial charge on any atom is 0.224 e. The molecule has 0 aliphatic carbocycles. The van der Waals surface area contributed by atoms with Gasteiger partial charge in [-0.3, -0.25) is 4.79 Å². The predicted octanol–water partition coefficient (Wildman–Crippen LogP) is 3.11. The Morgan fingerprint density at radius 1 is 1.50 bits per heavy atom. The van der Waals surface area contributed by atoms with E-state index in [2.05, 4.69) is 18.0 Å². The van der Waals surface area contributed by atoms with Crippen molar-refractivity contribution in [3.63, 3.8) is 0 Å². The number of fused-ring (bicyclic) bond motifs is 1. The van der Waals surface area contributed by atoms with Gasteiger partial charge in [0, 0.05) is 29.6 Å². The van der Waals surface area contributed by atoms with Crippen molar-refractivity contribution in [3.05, 3.63) is 34.7 Å². The first kappa shape index (κ1) is 11.4. The van der Waals surface area contributed by atoms with E-state index in [1.807, 2.05) is 27.9 Å². The van der Waals surface area contributed by atoms with Gasteiger partial charge in [0.15, 0.2) is 0 Å². The van der Waals surface area contributed by atoms with Gasteiger partial charge >= 0.3 is 0 Å². The van der Waals surface area contributed by atoms with Gasteiger partial charge in [-0.25, -0.2) is 4.98 Å². The van der Waals surface area contributed by atoms with Crippen molar-refractivity contribution in [2.24, 2.45) is 0 Å². The zero-order chi connectivity index (χ0) is 12.7. The zero-order valence-corrected chi connectivity index (χ0v) is 11.2. The SMILES string of the molecule is CC(=O)N1c2ccc(-c3cscn3)cc2CC1C. The number of nitrogens with zero attached hydrogens (tertiary/aromatic N) is 2. The van der Waals surface area contributed by atoms with Crippen LogP contribution in [0.1, 0.15) is 19.4 Å². The van der Waals surface area contributed by atoms with Gasteiger partial charge in [0.25, 0.3) is 0 Å². The smallest absolute Gasteiger partial charge is 0.224 e. The summed E-state index contributed by atoms with van der Waals surface area (Å²) in [5.74, 6) is 0.114. The molecule has 1 aliphatic heterocycles. The van der Waals surface area contributed by atoms with E-state index < -0.39 is 0 Å². The summed E-state index contributed by atoms with van der Waals surface area (Å²) in [6.07, 6.45) is 0.924. The first-order valence-corrected chi connectivity index (χ1v) is 6.92. The zero-order valence-electron chi connectivity index (χ0n) is 10.4. The number of aromatic nitrogens is 1. The van der Waals surface area contributed by atoms with E-state index in [1.165, 1.54) is 5.56 Å². The molecule has 4 heteroatoms. The maximum atomic E-state index is 11.6. The number of thiazole rings is 1. The van der Waals surface area contributed by atoms with E-state index in [0.29, 0.717) is 0 Å². The molecule has 0 N–H and O–H groups in total. The molecule has 92 valence electrons. The molecule has 0 spiro atoms. The Kier molecular flexibility index (Phi) is 2.67. The number of hydrogen-bond donors (Lipinski definition) is 0. The van der Waals surface area contributed by atoms with Crippen LogP contribution in [-0.4, -0.2) is 16.9 Å². The van der Waals surface area contributed by atoms with E-state index in [0.717, 1.165) is 23.4 Å². The molecular formula is C14H14N2OS. The lowest BCUT2D eigenvalue weighted by Gasteiger charge is -2.20. The topological polar surface area (TPSA) is 33.2 Å². The molecule has 0 saturated heterocycles. The van der Waals surface area contributed by atoms with Gasteiger partial charge in [0.2, 0.25) is 5.91 Å². The minimum Gasteiger partial charge on any atom is -0.309 e. The molecule has 2 aromatic rings. The Morgan fingerprint density at radius 3 is 3.00 bits per heavy atom. The standard InChI is InChI=1S/C14H14N2OS/c1-9-5-12-6-11(13-7-18-8-15-13)3-4-14(12)16(9)10(2)17/h3-4,6-9H,5H2,1-2H3. The first-order valence-electron chi connectivity index (χ1n) is 5.98. The Labute approximate surface area is 110 Å². The average molecular weight is 258 g/mol. The van der Waals surface area contributed by atoms with E-state index in [1.54, 1.807) is 18.3 Å². The number of benzene rings is 1. The minimum absolute atomic E-state index is 0.114. The summed E-state index contributed by atoms with van der Waals surface area (Å²) in [6, 6.07) is 6.49. The van der Waals surface area contributed by atoms with Crippen molar-refractivity contribution < 1.29 is 4.79 Å². The molecule has 2 heterocycles. The summed E-state index contributed by atoms with van der Waals surface area (Å²) in [7, 11) is 0. The summed E-state index contributed by atoms with van der Waals surface area (Å²) in [6.45, 7) is 3.71. The molecule has 1 aromatic heterocycles. The molecule has 1 aliphatic rings. The van der Waals surface area contributed by atoms with Crippen molar-refractivity contribution in [1.29, 1.82) is 0 Å². The second kappa shape index (κ2) is 4.21. The van der Waals surface area contributed by atoms with Crippen LogP contribution in [0.15, 0.2) is 29.1 Å². The number of amides is 1. The molecule has 0 saturated carbocycles. The molecule has 1 atom stereocenters. The van der Waals surface area contributed by atoms with Gasteiger partial charge in [-0.1, -0.05) is 6.07 Å². The van der Waals surface area contributed by atoms with Crippen molar-refractivity contribution in [2.75, 3.05) is 4.90 Å². The molecule has 3 nitrogen and oxygen atoms in total. The summed E-state index contributed by atoms with van der Waals surface area (Å²) < 4.78 is 0. The van der Waals surface area contributed by atoms with E-state index in [4.69, 9.17) is 0 Å². The normalized spacial score (nSPS) is 17.9. The number of hydrogen-bond acceptors (Lipinski definition) is 3.